The molecule has 6 heteroatoms. The fourth-order valence-corrected chi connectivity index (χ4v) is 1.22. The minimum atomic E-state index is -0.963. The SMILES string of the molecule is Nc1n[nH]nc1-c1ccc(C(=O)O)cc1. The Bertz CT molecular complexity index is 489. The van der Waals surface area contributed by atoms with Crippen molar-refractivity contribution < 1.29 is 9.90 Å². The standard InChI is InChI=1S/C9H8N4O2/c10-8-7(11-13-12-8)5-1-3-6(4-2-5)9(14)15/h1-4H,(H,14,15)(H3,10,11,12,13). The van der Waals surface area contributed by atoms with Crippen molar-refractivity contribution in [2.45, 2.75) is 0 Å². The number of carboxylic acid groups (broad SMARTS) is 1. The number of aromatic carboxylic acids is 1. The van der Waals surface area contributed by atoms with E-state index in [4.69, 9.17) is 10.8 Å². The molecule has 0 radical (unpaired) electrons. The number of anilines is 1. The Morgan fingerprint density at radius 2 is 1.93 bits per heavy atom. The fourth-order valence-electron chi connectivity index (χ4n) is 1.22. The Hall–Kier alpha value is -2.37. The Labute approximate surface area is 84.7 Å². The van der Waals surface area contributed by atoms with Crippen LogP contribution in [0.2, 0.25) is 0 Å². The highest BCUT2D eigenvalue weighted by atomic mass is 16.4. The topological polar surface area (TPSA) is 105 Å². The minimum Gasteiger partial charge on any atom is -0.478 e. The van der Waals surface area contributed by atoms with Crippen LogP contribution in [0.4, 0.5) is 5.82 Å². The van der Waals surface area contributed by atoms with Crippen molar-refractivity contribution >= 4 is 11.8 Å². The monoisotopic (exact) mass is 204 g/mol. The van der Waals surface area contributed by atoms with Crippen LogP contribution >= 0.6 is 0 Å². The highest BCUT2D eigenvalue weighted by Crippen LogP contribution is 2.21. The summed E-state index contributed by atoms with van der Waals surface area (Å²) in [5.74, 6) is -0.673. The Balaban J connectivity index is 2.40. The van der Waals surface area contributed by atoms with Gasteiger partial charge in [-0.15, -0.1) is 5.10 Å². The third kappa shape index (κ3) is 1.64. The fraction of sp³-hybridized carbons (Fsp3) is 0. The molecule has 1 aromatic carbocycles. The predicted octanol–water partition coefficient (Wildman–Crippen LogP) is 0.752. The number of H-pyrrole nitrogens is 1. The van der Waals surface area contributed by atoms with Crippen molar-refractivity contribution in [2.75, 3.05) is 5.73 Å². The lowest BCUT2D eigenvalue weighted by Gasteiger charge is -1.98. The van der Waals surface area contributed by atoms with Gasteiger partial charge in [-0.3, -0.25) is 0 Å². The number of nitrogens with one attached hydrogen (secondary N) is 1. The second-order valence-corrected chi connectivity index (χ2v) is 2.94. The summed E-state index contributed by atoms with van der Waals surface area (Å²) in [7, 11) is 0. The van der Waals surface area contributed by atoms with Crippen LogP contribution in [0.25, 0.3) is 11.3 Å². The van der Waals surface area contributed by atoms with Crippen molar-refractivity contribution in [3.63, 3.8) is 0 Å². The molecular formula is C9H8N4O2. The van der Waals surface area contributed by atoms with E-state index in [1.165, 1.54) is 12.1 Å². The van der Waals surface area contributed by atoms with Gasteiger partial charge in [0.25, 0.3) is 0 Å². The number of carbonyl (C=O) groups is 1. The molecule has 0 saturated carbocycles. The molecule has 0 unspecified atom stereocenters. The summed E-state index contributed by atoms with van der Waals surface area (Å²) in [5, 5.41) is 18.6. The van der Waals surface area contributed by atoms with Crippen LogP contribution in [0.1, 0.15) is 10.4 Å². The first kappa shape index (κ1) is 9.20. The van der Waals surface area contributed by atoms with Crippen LogP contribution in [0.5, 0.6) is 0 Å². The quantitative estimate of drug-likeness (QED) is 0.669. The maximum Gasteiger partial charge on any atom is 0.335 e. The number of benzene rings is 1. The lowest BCUT2D eigenvalue weighted by Crippen LogP contribution is -1.95. The Morgan fingerprint density at radius 3 is 2.40 bits per heavy atom. The number of hydrogen-bond donors (Lipinski definition) is 3. The molecule has 1 heterocycles. The Kier molecular flexibility index (Phi) is 2.09. The van der Waals surface area contributed by atoms with Crippen molar-refractivity contribution in [3.8, 4) is 11.3 Å². The third-order valence-electron chi connectivity index (χ3n) is 1.98. The van der Waals surface area contributed by atoms with Gasteiger partial charge in [-0.25, -0.2) is 4.79 Å². The van der Waals surface area contributed by atoms with Crippen molar-refractivity contribution in [3.05, 3.63) is 29.8 Å². The molecule has 6 nitrogen and oxygen atoms in total. The molecule has 1 aromatic heterocycles. The van der Waals surface area contributed by atoms with Crippen LogP contribution in [-0.2, 0) is 0 Å². The predicted molar refractivity (Wildman–Crippen MR) is 53.2 cm³/mol. The molecule has 0 aliphatic carbocycles. The zero-order valence-corrected chi connectivity index (χ0v) is 7.64. The van der Waals surface area contributed by atoms with Gasteiger partial charge in [-0.05, 0) is 12.1 Å². The van der Waals surface area contributed by atoms with Gasteiger partial charge in [0.15, 0.2) is 5.82 Å². The minimum absolute atomic E-state index is 0.223. The van der Waals surface area contributed by atoms with E-state index >= 15 is 0 Å². The first-order valence-corrected chi connectivity index (χ1v) is 4.18. The van der Waals surface area contributed by atoms with E-state index < -0.39 is 5.97 Å². The molecule has 0 spiro atoms. The zero-order chi connectivity index (χ0) is 10.8. The molecule has 15 heavy (non-hydrogen) atoms. The summed E-state index contributed by atoms with van der Waals surface area (Å²) >= 11 is 0. The van der Waals surface area contributed by atoms with Gasteiger partial charge >= 0.3 is 5.97 Å². The number of aromatic nitrogens is 3. The highest BCUT2D eigenvalue weighted by molar-refractivity contribution is 5.88. The molecule has 2 rings (SSSR count). The lowest BCUT2D eigenvalue weighted by atomic mass is 10.1. The molecule has 0 aliphatic heterocycles. The van der Waals surface area contributed by atoms with Gasteiger partial charge in [0.2, 0.25) is 0 Å². The number of nitrogen functional groups attached to an aromatic ring is 1. The largest absolute Gasteiger partial charge is 0.478 e. The number of carboxylic acids is 1. The van der Waals surface area contributed by atoms with Crippen LogP contribution in [0.15, 0.2) is 24.3 Å². The number of nitrogens with two attached hydrogens (primary N) is 1. The summed E-state index contributed by atoms with van der Waals surface area (Å²) in [4.78, 5) is 10.6. The van der Waals surface area contributed by atoms with Gasteiger partial charge in [0.05, 0.1) is 5.56 Å². The summed E-state index contributed by atoms with van der Waals surface area (Å²) in [6.45, 7) is 0. The summed E-state index contributed by atoms with van der Waals surface area (Å²) < 4.78 is 0. The van der Waals surface area contributed by atoms with Gasteiger partial charge in [-0.2, -0.15) is 10.3 Å². The molecule has 76 valence electrons. The van der Waals surface area contributed by atoms with Crippen LogP contribution in [-0.4, -0.2) is 26.5 Å². The van der Waals surface area contributed by atoms with Gasteiger partial charge < -0.3 is 10.8 Å². The van der Waals surface area contributed by atoms with Crippen LogP contribution < -0.4 is 5.73 Å². The number of hydrogen-bond acceptors (Lipinski definition) is 4. The molecule has 0 fully saturated rings. The van der Waals surface area contributed by atoms with E-state index in [2.05, 4.69) is 15.4 Å². The second kappa shape index (κ2) is 3.41. The van der Waals surface area contributed by atoms with E-state index in [0.29, 0.717) is 5.69 Å². The zero-order valence-electron chi connectivity index (χ0n) is 7.64. The number of rotatable bonds is 2. The first-order valence-electron chi connectivity index (χ1n) is 4.18. The molecule has 0 atom stereocenters. The average molecular weight is 204 g/mol. The summed E-state index contributed by atoms with van der Waals surface area (Å²) in [6, 6.07) is 6.26. The smallest absolute Gasteiger partial charge is 0.335 e. The van der Waals surface area contributed by atoms with E-state index in [1.54, 1.807) is 12.1 Å². The number of nitrogens with zero attached hydrogens (tertiary/aromatic N) is 2. The molecule has 0 aliphatic rings. The first-order chi connectivity index (χ1) is 7.18. The normalized spacial score (nSPS) is 10.1. The van der Waals surface area contributed by atoms with Crippen molar-refractivity contribution in [1.82, 2.24) is 15.4 Å². The highest BCUT2D eigenvalue weighted by Gasteiger charge is 2.08. The third-order valence-corrected chi connectivity index (χ3v) is 1.98. The molecule has 0 amide bonds. The summed E-state index contributed by atoms with van der Waals surface area (Å²) in [5.41, 5.74) is 7.02. The van der Waals surface area contributed by atoms with Gasteiger partial charge in [0, 0.05) is 5.56 Å². The average Bonchev–Trinajstić information content (AvgIpc) is 2.65. The maximum atomic E-state index is 10.6. The maximum absolute atomic E-state index is 10.6. The van der Waals surface area contributed by atoms with E-state index in [-0.39, 0.29) is 11.4 Å². The van der Waals surface area contributed by atoms with E-state index in [1.807, 2.05) is 0 Å². The molecule has 0 bridgehead atoms. The van der Waals surface area contributed by atoms with E-state index in [0.717, 1.165) is 5.56 Å². The van der Waals surface area contributed by atoms with E-state index in [9.17, 15) is 4.79 Å². The van der Waals surface area contributed by atoms with Gasteiger partial charge in [-0.1, -0.05) is 12.1 Å². The molecule has 4 N–H and O–H groups in total. The number of aromatic amines is 1. The second-order valence-electron chi connectivity index (χ2n) is 2.94. The summed E-state index contributed by atoms with van der Waals surface area (Å²) in [6.07, 6.45) is 0. The molecule has 2 aromatic rings. The van der Waals surface area contributed by atoms with Crippen molar-refractivity contribution in [1.29, 1.82) is 0 Å². The van der Waals surface area contributed by atoms with Crippen molar-refractivity contribution in [2.24, 2.45) is 0 Å². The van der Waals surface area contributed by atoms with Crippen LogP contribution in [0.3, 0.4) is 0 Å². The lowest BCUT2D eigenvalue weighted by molar-refractivity contribution is 0.0697. The van der Waals surface area contributed by atoms with Crippen LogP contribution in [0, 0.1) is 0 Å². The molecular weight excluding hydrogens is 196 g/mol. The molecule has 0 saturated heterocycles. The Morgan fingerprint density at radius 1 is 1.27 bits per heavy atom. The van der Waals surface area contributed by atoms with Gasteiger partial charge in [0.1, 0.15) is 5.69 Å².